The lowest BCUT2D eigenvalue weighted by molar-refractivity contribution is 0.137. The van der Waals surface area contributed by atoms with Gasteiger partial charge in [0.15, 0.2) is 5.96 Å². The van der Waals surface area contributed by atoms with Gasteiger partial charge in [-0.1, -0.05) is 37.5 Å². The van der Waals surface area contributed by atoms with Gasteiger partial charge in [0, 0.05) is 19.7 Å². The Kier molecular flexibility index (Phi) is 11.7. The lowest BCUT2D eigenvalue weighted by Gasteiger charge is -2.35. The predicted molar refractivity (Wildman–Crippen MR) is 119 cm³/mol. The van der Waals surface area contributed by atoms with Crippen LogP contribution in [0.15, 0.2) is 35.3 Å². The van der Waals surface area contributed by atoms with E-state index in [1.165, 1.54) is 32.1 Å². The van der Waals surface area contributed by atoms with Crippen LogP contribution in [0.1, 0.15) is 45.4 Å². The molecule has 5 nitrogen and oxygen atoms in total. The highest BCUT2D eigenvalue weighted by atomic mass is 127. The van der Waals surface area contributed by atoms with Gasteiger partial charge in [0.25, 0.3) is 0 Å². The van der Waals surface area contributed by atoms with E-state index in [0.717, 1.165) is 31.2 Å². The molecule has 1 aromatic carbocycles. The Balaban J connectivity index is 0.00000338. The Morgan fingerprint density at radius 1 is 1.15 bits per heavy atom. The quantitative estimate of drug-likeness (QED) is 0.221. The van der Waals surface area contributed by atoms with Crippen molar-refractivity contribution in [1.29, 1.82) is 0 Å². The molecule has 0 saturated heterocycles. The summed E-state index contributed by atoms with van der Waals surface area (Å²) in [4.78, 5) is 4.80. The smallest absolute Gasteiger partial charge is 0.191 e. The number of aliphatic imine (C=N–C) groups is 1. The average Bonchev–Trinajstić information content (AvgIpc) is 2.65. The first kappa shape index (κ1) is 23.0. The summed E-state index contributed by atoms with van der Waals surface area (Å²) in [6, 6.07) is 9.84. The molecular formula is C20H34IN3O2. The van der Waals surface area contributed by atoms with Crippen molar-refractivity contribution in [2.75, 3.05) is 32.8 Å². The van der Waals surface area contributed by atoms with Gasteiger partial charge in [-0.2, -0.15) is 0 Å². The van der Waals surface area contributed by atoms with Gasteiger partial charge in [0.05, 0.1) is 6.54 Å². The first-order chi connectivity index (χ1) is 12.3. The van der Waals surface area contributed by atoms with Crippen LogP contribution in [-0.2, 0) is 0 Å². The molecule has 0 atom stereocenters. The van der Waals surface area contributed by atoms with Crippen molar-refractivity contribution in [3.63, 3.8) is 0 Å². The number of rotatable bonds is 9. The van der Waals surface area contributed by atoms with E-state index in [9.17, 15) is 5.11 Å². The number of benzene rings is 1. The molecule has 0 bridgehead atoms. The van der Waals surface area contributed by atoms with E-state index < -0.39 is 0 Å². The number of halogens is 1. The molecule has 6 heteroatoms. The van der Waals surface area contributed by atoms with E-state index in [1.807, 2.05) is 30.3 Å². The van der Waals surface area contributed by atoms with Gasteiger partial charge in [-0.05, 0) is 43.7 Å². The third kappa shape index (κ3) is 8.12. The van der Waals surface area contributed by atoms with E-state index in [2.05, 4.69) is 17.6 Å². The highest BCUT2D eigenvalue weighted by Crippen LogP contribution is 2.39. The predicted octanol–water partition coefficient (Wildman–Crippen LogP) is 3.57. The zero-order valence-corrected chi connectivity index (χ0v) is 18.2. The fraction of sp³-hybridized carbons (Fsp3) is 0.650. The van der Waals surface area contributed by atoms with Gasteiger partial charge in [-0.25, -0.2) is 0 Å². The van der Waals surface area contributed by atoms with Crippen molar-refractivity contribution in [2.45, 2.75) is 45.4 Å². The number of aliphatic hydroxyl groups is 1. The molecule has 0 heterocycles. The van der Waals surface area contributed by atoms with Crippen molar-refractivity contribution in [3.05, 3.63) is 30.3 Å². The summed E-state index contributed by atoms with van der Waals surface area (Å²) < 4.78 is 5.71. The number of ether oxygens (including phenoxy) is 1. The maximum Gasteiger partial charge on any atom is 0.191 e. The van der Waals surface area contributed by atoms with Gasteiger partial charge in [0.1, 0.15) is 12.4 Å². The van der Waals surface area contributed by atoms with Gasteiger partial charge in [0.2, 0.25) is 0 Å². The lowest BCUT2D eigenvalue weighted by Crippen LogP contribution is -2.40. The summed E-state index contributed by atoms with van der Waals surface area (Å²) in [7, 11) is 0. The van der Waals surface area contributed by atoms with Crippen molar-refractivity contribution < 1.29 is 9.84 Å². The summed E-state index contributed by atoms with van der Waals surface area (Å²) in [6.45, 7) is 5.23. The molecule has 0 unspecified atom stereocenters. The molecule has 0 aromatic heterocycles. The standard InChI is InChI=1S/C20H33N3O2.HI/c1-2-21-19(22-14-16-25-18-9-5-3-6-10-18)23-17-20(13-15-24)11-7-4-8-12-20;/h3,5-6,9-10,24H,2,4,7-8,11-17H2,1H3,(H2,21,22,23);1H. The van der Waals surface area contributed by atoms with Crippen LogP contribution < -0.4 is 15.4 Å². The summed E-state index contributed by atoms with van der Waals surface area (Å²) in [6.07, 6.45) is 7.02. The molecule has 26 heavy (non-hydrogen) atoms. The number of hydrogen-bond acceptors (Lipinski definition) is 3. The molecule has 0 spiro atoms. The maximum absolute atomic E-state index is 9.44. The monoisotopic (exact) mass is 475 g/mol. The van der Waals surface area contributed by atoms with Crippen LogP contribution in [0.3, 0.4) is 0 Å². The van der Waals surface area contributed by atoms with Crippen molar-refractivity contribution in [2.24, 2.45) is 10.4 Å². The first-order valence-corrected chi connectivity index (χ1v) is 9.59. The van der Waals surface area contributed by atoms with Crippen molar-refractivity contribution >= 4 is 29.9 Å². The maximum atomic E-state index is 9.44. The second-order valence-electron chi connectivity index (χ2n) is 6.82. The fourth-order valence-electron chi connectivity index (χ4n) is 3.47. The third-order valence-corrected chi connectivity index (χ3v) is 4.88. The van der Waals surface area contributed by atoms with Crippen LogP contribution >= 0.6 is 24.0 Å². The zero-order valence-electron chi connectivity index (χ0n) is 15.9. The number of aliphatic hydroxyl groups excluding tert-OH is 1. The largest absolute Gasteiger partial charge is 0.492 e. The van der Waals surface area contributed by atoms with E-state index in [4.69, 9.17) is 9.73 Å². The molecule has 1 fully saturated rings. The lowest BCUT2D eigenvalue weighted by atomic mass is 9.72. The van der Waals surface area contributed by atoms with Gasteiger partial charge < -0.3 is 20.5 Å². The van der Waals surface area contributed by atoms with Crippen LogP contribution in [0.2, 0.25) is 0 Å². The van der Waals surface area contributed by atoms with Gasteiger partial charge in [-0.3, -0.25) is 4.99 Å². The molecule has 148 valence electrons. The Morgan fingerprint density at radius 3 is 2.54 bits per heavy atom. The Hall–Kier alpha value is -1.02. The van der Waals surface area contributed by atoms with E-state index in [-0.39, 0.29) is 36.0 Å². The fourth-order valence-corrected chi connectivity index (χ4v) is 3.47. The first-order valence-electron chi connectivity index (χ1n) is 9.59. The minimum absolute atomic E-state index is 0. The Bertz CT molecular complexity index is 500. The summed E-state index contributed by atoms with van der Waals surface area (Å²) in [5.74, 6) is 1.72. The SMILES string of the molecule is CCNC(=NCC1(CCO)CCCCC1)NCCOc1ccccc1.I. The molecule has 1 aliphatic rings. The highest BCUT2D eigenvalue weighted by Gasteiger charge is 2.31. The molecule has 0 amide bonds. The summed E-state index contributed by atoms with van der Waals surface area (Å²) in [5.41, 5.74) is 0.176. The number of para-hydroxylation sites is 1. The molecule has 1 aliphatic carbocycles. The molecule has 2 rings (SSSR count). The third-order valence-electron chi connectivity index (χ3n) is 4.88. The Labute approximate surface area is 175 Å². The van der Waals surface area contributed by atoms with Gasteiger partial charge in [-0.15, -0.1) is 24.0 Å². The highest BCUT2D eigenvalue weighted by molar-refractivity contribution is 14.0. The van der Waals surface area contributed by atoms with Gasteiger partial charge >= 0.3 is 0 Å². The van der Waals surface area contributed by atoms with Crippen LogP contribution in [0.5, 0.6) is 5.75 Å². The second kappa shape index (κ2) is 13.2. The normalized spacial score (nSPS) is 16.5. The second-order valence-corrected chi connectivity index (χ2v) is 6.82. The average molecular weight is 475 g/mol. The van der Waals surface area contributed by atoms with Crippen molar-refractivity contribution in [1.82, 2.24) is 10.6 Å². The van der Waals surface area contributed by atoms with Crippen LogP contribution in [0.25, 0.3) is 0 Å². The minimum Gasteiger partial charge on any atom is -0.492 e. The Morgan fingerprint density at radius 2 is 1.88 bits per heavy atom. The molecule has 0 radical (unpaired) electrons. The number of nitrogens with zero attached hydrogens (tertiary/aromatic N) is 1. The van der Waals surface area contributed by atoms with E-state index in [0.29, 0.717) is 13.2 Å². The van der Waals surface area contributed by atoms with E-state index >= 15 is 0 Å². The molecule has 1 aromatic rings. The van der Waals surface area contributed by atoms with Crippen LogP contribution in [0, 0.1) is 5.41 Å². The molecule has 3 N–H and O–H groups in total. The van der Waals surface area contributed by atoms with E-state index in [1.54, 1.807) is 0 Å². The number of nitrogens with one attached hydrogen (secondary N) is 2. The zero-order chi connectivity index (χ0) is 17.8. The number of guanidine groups is 1. The summed E-state index contributed by atoms with van der Waals surface area (Å²) in [5, 5.41) is 16.1. The molecule has 1 saturated carbocycles. The van der Waals surface area contributed by atoms with Crippen LogP contribution in [-0.4, -0.2) is 43.9 Å². The molecular weight excluding hydrogens is 441 g/mol. The van der Waals surface area contributed by atoms with Crippen LogP contribution in [0.4, 0.5) is 0 Å². The van der Waals surface area contributed by atoms with Crippen molar-refractivity contribution in [3.8, 4) is 5.75 Å². The minimum atomic E-state index is 0. The summed E-state index contributed by atoms with van der Waals surface area (Å²) >= 11 is 0. The number of hydrogen-bond donors (Lipinski definition) is 3. The molecule has 0 aliphatic heterocycles. The topological polar surface area (TPSA) is 65.9 Å².